The number of fused-ring (bicyclic) bond motifs is 3. The number of hydrogen-bond acceptors (Lipinski definition) is 5. The summed E-state index contributed by atoms with van der Waals surface area (Å²) in [4.78, 5) is 7.59. The number of nitrogens with one attached hydrogen (secondary N) is 2. The van der Waals surface area contributed by atoms with Gasteiger partial charge in [-0.2, -0.15) is 10.1 Å². The summed E-state index contributed by atoms with van der Waals surface area (Å²) in [5.74, 6) is 0.312. The molecule has 0 aliphatic carbocycles. The Morgan fingerprint density at radius 3 is 2.78 bits per heavy atom. The molecule has 0 fully saturated rings. The molecule has 0 aliphatic rings. The molecule has 0 saturated heterocycles. The lowest BCUT2D eigenvalue weighted by Gasteiger charge is -1.98. The van der Waals surface area contributed by atoms with E-state index in [1.54, 1.807) is 12.3 Å². The fraction of sp³-hybridized carbons (Fsp3) is 0. The highest BCUT2D eigenvalue weighted by molar-refractivity contribution is 6.33. The van der Waals surface area contributed by atoms with Crippen LogP contribution >= 0.6 is 11.6 Å². The van der Waals surface area contributed by atoms with E-state index in [-0.39, 0.29) is 0 Å². The number of aromatic amines is 1. The van der Waals surface area contributed by atoms with Crippen LogP contribution in [0.15, 0.2) is 53.6 Å². The predicted molar refractivity (Wildman–Crippen MR) is 91.9 cm³/mol. The lowest BCUT2D eigenvalue weighted by molar-refractivity contribution is 1.01. The lowest BCUT2D eigenvalue weighted by Crippen LogP contribution is -1.99. The SMILES string of the molecule is Clc1ccccc1/C=N\Nc1nnc2c(n1)[nH]c1ccccc12. The Morgan fingerprint density at radius 2 is 1.87 bits per heavy atom. The van der Waals surface area contributed by atoms with E-state index < -0.39 is 0 Å². The number of hydrazone groups is 1. The van der Waals surface area contributed by atoms with E-state index in [1.165, 1.54) is 0 Å². The molecule has 0 spiro atoms. The summed E-state index contributed by atoms with van der Waals surface area (Å²) < 4.78 is 0. The van der Waals surface area contributed by atoms with Gasteiger partial charge < -0.3 is 4.98 Å². The highest BCUT2D eigenvalue weighted by atomic mass is 35.5. The van der Waals surface area contributed by atoms with Gasteiger partial charge in [0, 0.05) is 21.5 Å². The number of H-pyrrole nitrogens is 1. The number of benzene rings is 2. The topological polar surface area (TPSA) is 78.8 Å². The van der Waals surface area contributed by atoms with Crippen LogP contribution in [-0.4, -0.2) is 26.4 Å². The first kappa shape index (κ1) is 13.7. The molecule has 2 heterocycles. The molecule has 2 aromatic carbocycles. The van der Waals surface area contributed by atoms with Gasteiger partial charge in [0.25, 0.3) is 5.95 Å². The quantitative estimate of drug-likeness (QED) is 0.446. The highest BCUT2D eigenvalue weighted by Gasteiger charge is 2.07. The Bertz CT molecular complexity index is 1020. The van der Waals surface area contributed by atoms with E-state index >= 15 is 0 Å². The monoisotopic (exact) mass is 322 g/mol. The number of hydrogen-bond donors (Lipinski definition) is 2. The molecule has 0 saturated carbocycles. The van der Waals surface area contributed by atoms with Gasteiger partial charge in [0.1, 0.15) is 5.52 Å². The summed E-state index contributed by atoms with van der Waals surface area (Å²) in [5.41, 5.74) is 5.94. The standard InChI is InChI=1S/C16H11ClN6/c17-12-7-3-1-5-10(12)9-18-22-16-20-15-14(21-23-16)11-6-2-4-8-13(11)19-15/h1-9H,(H2,19,20,22,23)/b18-9-. The van der Waals surface area contributed by atoms with Crippen LogP contribution in [0.2, 0.25) is 5.02 Å². The molecule has 2 N–H and O–H groups in total. The van der Waals surface area contributed by atoms with E-state index in [2.05, 4.69) is 30.7 Å². The average molecular weight is 323 g/mol. The normalized spacial score (nSPS) is 11.5. The van der Waals surface area contributed by atoms with Gasteiger partial charge in [-0.25, -0.2) is 5.43 Å². The average Bonchev–Trinajstić information content (AvgIpc) is 2.94. The van der Waals surface area contributed by atoms with Crippen LogP contribution in [0.5, 0.6) is 0 Å². The molecule has 112 valence electrons. The molecular formula is C16H11ClN6. The molecule has 4 aromatic rings. The minimum Gasteiger partial charge on any atom is -0.338 e. The number of anilines is 1. The van der Waals surface area contributed by atoms with Gasteiger partial charge in [-0.3, -0.25) is 0 Å². The maximum atomic E-state index is 6.06. The van der Waals surface area contributed by atoms with Crippen molar-refractivity contribution in [3.05, 3.63) is 59.1 Å². The zero-order valence-electron chi connectivity index (χ0n) is 11.9. The minimum atomic E-state index is 0.312. The summed E-state index contributed by atoms with van der Waals surface area (Å²) in [7, 11) is 0. The van der Waals surface area contributed by atoms with Crippen LogP contribution < -0.4 is 5.43 Å². The van der Waals surface area contributed by atoms with E-state index in [0.29, 0.717) is 16.6 Å². The van der Waals surface area contributed by atoms with Gasteiger partial charge in [0.05, 0.1) is 6.21 Å². The maximum absolute atomic E-state index is 6.06. The van der Waals surface area contributed by atoms with Crippen molar-refractivity contribution in [1.29, 1.82) is 0 Å². The highest BCUT2D eigenvalue weighted by Crippen LogP contribution is 2.21. The van der Waals surface area contributed by atoms with Gasteiger partial charge in [0.2, 0.25) is 0 Å². The molecule has 23 heavy (non-hydrogen) atoms. The number of nitrogens with zero attached hydrogens (tertiary/aromatic N) is 4. The van der Waals surface area contributed by atoms with Gasteiger partial charge >= 0.3 is 0 Å². The van der Waals surface area contributed by atoms with E-state index in [9.17, 15) is 0 Å². The van der Waals surface area contributed by atoms with Gasteiger partial charge in [0.15, 0.2) is 5.65 Å². The van der Waals surface area contributed by atoms with Crippen molar-refractivity contribution < 1.29 is 0 Å². The smallest absolute Gasteiger partial charge is 0.265 e. The van der Waals surface area contributed by atoms with Gasteiger partial charge in [-0.1, -0.05) is 48.0 Å². The third-order valence-corrected chi connectivity index (χ3v) is 3.74. The summed E-state index contributed by atoms with van der Waals surface area (Å²) in [6, 6.07) is 15.3. The van der Waals surface area contributed by atoms with Crippen molar-refractivity contribution in [3.8, 4) is 0 Å². The molecule has 7 heteroatoms. The number of para-hydroxylation sites is 1. The second-order valence-corrected chi connectivity index (χ2v) is 5.30. The number of rotatable bonds is 3. The minimum absolute atomic E-state index is 0.312. The van der Waals surface area contributed by atoms with Crippen molar-refractivity contribution in [3.63, 3.8) is 0 Å². The Balaban J connectivity index is 1.62. The summed E-state index contributed by atoms with van der Waals surface area (Å²) in [6.07, 6.45) is 1.61. The maximum Gasteiger partial charge on any atom is 0.265 e. The van der Waals surface area contributed by atoms with Crippen LogP contribution in [-0.2, 0) is 0 Å². The molecule has 2 aromatic heterocycles. The second-order valence-electron chi connectivity index (χ2n) is 4.89. The van der Waals surface area contributed by atoms with Crippen molar-refractivity contribution in [2.75, 3.05) is 5.43 Å². The third-order valence-electron chi connectivity index (χ3n) is 3.40. The Kier molecular flexibility index (Phi) is 3.36. The van der Waals surface area contributed by atoms with Crippen LogP contribution in [0.3, 0.4) is 0 Å². The van der Waals surface area contributed by atoms with Crippen molar-refractivity contribution in [2.45, 2.75) is 0 Å². The number of halogens is 1. The molecular weight excluding hydrogens is 312 g/mol. The van der Waals surface area contributed by atoms with Gasteiger partial charge in [-0.05, 0) is 12.1 Å². The van der Waals surface area contributed by atoms with Crippen LogP contribution in [0, 0.1) is 0 Å². The Morgan fingerprint density at radius 1 is 1.04 bits per heavy atom. The Hall–Kier alpha value is -2.99. The summed E-state index contributed by atoms with van der Waals surface area (Å²) >= 11 is 6.06. The van der Waals surface area contributed by atoms with Crippen LogP contribution in [0.4, 0.5) is 5.95 Å². The Labute approximate surface area is 136 Å². The zero-order chi connectivity index (χ0) is 15.6. The van der Waals surface area contributed by atoms with E-state index in [4.69, 9.17) is 11.6 Å². The van der Waals surface area contributed by atoms with E-state index in [0.717, 1.165) is 22.0 Å². The van der Waals surface area contributed by atoms with Crippen molar-refractivity contribution in [1.82, 2.24) is 20.2 Å². The molecule has 0 atom stereocenters. The van der Waals surface area contributed by atoms with E-state index in [1.807, 2.05) is 42.5 Å². The van der Waals surface area contributed by atoms with Crippen molar-refractivity contribution in [2.24, 2.45) is 5.10 Å². The predicted octanol–water partition coefficient (Wildman–Crippen LogP) is 3.61. The first-order valence-corrected chi connectivity index (χ1v) is 7.34. The second kappa shape index (κ2) is 5.66. The summed E-state index contributed by atoms with van der Waals surface area (Å²) in [5, 5.41) is 14.0. The molecule has 0 amide bonds. The molecule has 0 radical (unpaired) electrons. The number of aromatic nitrogens is 4. The molecule has 6 nitrogen and oxygen atoms in total. The first-order valence-electron chi connectivity index (χ1n) is 6.96. The molecule has 0 unspecified atom stereocenters. The van der Waals surface area contributed by atoms with Crippen LogP contribution in [0.25, 0.3) is 22.1 Å². The molecule has 0 bridgehead atoms. The lowest BCUT2D eigenvalue weighted by atomic mass is 10.2. The molecule has 0 aliphatic heterocycles. The molecule has 4 rings (SSSR count). The largest absolute Gasteiger partial charge is 0.338 e. The zero-order valence-corrected chi connectivity index (χ0v) is 12.6. The first-order chi connectivity index (χ1) is 11.3. The van der Waals surface area contributed by atoms with Gasteiger partial charge in [-0.15, -0.1) is 10.2 Å². The fourth-order valence-corrected chi connectivity index (χ4v) is 2.49. The van der Waals surface area contributed by atoms with Crippen LogP contribution in [0.1, 0.15) is 5.56 Å². The van der Waals surface area contributed by atoms with Crippen molar-refractivity contribution >= 4 is 45.8 Å². The fourth-order valence-electron chi connectivity index (χ4n) is 2.31. The summed E-state index contributed by atoms with van der Waals surface area (Å²) in [6.45, 7) is 0. The third kappa shape index (κ3) is 2.60.